The van der Waals surface area contributed by atoms with Crippen LogP contribution in [0.25, 0.3) is 0 Å². The van der Waals surface area contributed by atoms with Crippen LogP contribution >= 0.6 is 0 Å². The Hall–Kier alpha value is -1.55. The fourth-order valence-electron chi connectivity index (χ4n) is 3.00. The summed E-state index contributed by atoms with van der Waals surface area (Å²) in [4.78, 5) is 14.3. The highest BCUT2D eigenvalue weighted by Gasteiger charge is 2.23. The second-order valence-corrected chi connectivity index (χ2v) is 7.38. The van der Waals surface area contributed by atoms with Gasteiger partial charge in [0.2, 0.25) is 0 Å². The maximum Gasteiger partial charge on any atom is 0.407 e. The zero-order valence-corrected chi connectivity index (χ0v) is 14.7. The van der Waals surface area contributed by atoms with Crippen molar-refractivity contribution in [1.82, 2.24) is 10.2 Å². The van der Waals surface area contributed by atoms with Crippen molar-refractivity contribution in [2.24, 2.45) is 0 Å². The van der Waals surface area contributed by atoms with Gasteiger partial charge in [-0.2, -0.15) is 0 Å². The zero-order chi connectivity index (χ0) is 16.7. The molecule has 0 bridgehead atoms. The van der Waals surface area contributed by atoms with E-state index in [9.17, 15) is 4.79 Å². The number of carbonyl (C=O) groups excluding carboxylic acids is 1. The first-order chi connectivity index (χ1) is 10.9. The van der Waals surface area contributed by atoms with Crippen LogP contribution in [0, 0.1) is 0 Å². The number of nitrogens with zero attached hydrogens (tertiary/aromatic N) is 1. The predicted molar refractivity (Wildman–Crippen MR) is 93.6 cm³/mol. The summed E-state index contributed by atoms with van der Waals surface area (Å²) >= 11 is 0. The van der Waals surface area contributed by atoms with Crippen LogP contribution in [0.3, 0.4) is 0 Å². The number of ether oxygens (including phenoxy) is 1. The number of nitrogens with one attached hydrogen (secondary N) is 1. The van der Waals surface area contributed by atoms with Crippen molar-refractivity contribution in [1.29, 1.82) is 0 Å². The minimum atomic E-state index is -0.436. The Bertz CT molecular complexity index is 482. The smallest absolute Gasteiger partial charge is 0.407 e. The van der Waals surface area contributed by atoms with E-state index in [1.807, 2.05) is 20.8 Å². The summed E-state index contributed by atoms with van der Waals surface area (Å²) in [7, 11) is 0. The molecule has 0 radical (unpaired) electrons. The fraction of sp³-hybridized carbons (Fsp3) is 0.632. The Morgan fingerprint density at radius 1 is 1.30 bits per heavy atom. The van der Waals surface area contributed by atoms with Gasteiger partial charge in [0.25, 0.3) is 0 Å². The number of hydrogen-bond acceptors (Lipinski definition) is 3. The third-order valence-electron chi connectivity index (χ3n) is 4.01. The van der Waals surface area contributed by atoms with Crippen molar-refractivity contribution in [2.45, 2.75) is 58.1 Å². The van der Waals surface area contributed by atoms with E-state index in [1.165, 1.54) is 5.56 Å². The van der Waals surface area contributed by atoms with Gasteiger partial charge >= 0.3 is 6.09 Å². The van der Waals surface area contributed by atoms with Gasteiger partial charge < -0.3 is 15.0 Å². The molecule has 1 atom stereocenters. The second kappa shape index (κ2) is 8.34. The Labute approximate surface area is 140 Å². The third-order valence-corrected chi connectivity index (χ3v) is 4.01. The maximum atomic E-state index is 11.9. The molecule has 1 N–H and O–H groups in total. The Morgan fingerprint density at radius 2 is 2.04 bits per heavy atom. The van der Waals surface area contributed by atoms with Gasteiger partial charge in [-0.05, 0) is 65.1 Å². The quantitative estimate of drug-likeness (QED) is 0.902. The lowest BCUT2D eigenvalue weighted by atomic mass is 10.0. The molecule has 0 unspecified atom stereocenters. The van der Waals surface area contributed by atoms with E-state index in [0.717, 1.165) is 45.3 Å². The summed E-state index contributed by atoms with van der Waals surface area (Å²) < 4.78 is 5.35. The number of aryl methyl sites for hydroxylation is 1. The van der Waals surface area contributed by atoms with E-state index in [-0.39, 0.29) is 12.1 Å². The van der Waals surface area contributed by atoms with Crippen molar-refractivity contribution in [2.75, 3.05) is 19.6 Å². The number of alkyl carbamates (subject to hydrolysis) is 1. The lowest BCUT2D eigenvalue weighted by Crippen LogP contribution is -2.49. The standard InChI is InChI=1S/C19H30N2O2/c1-19(2,3)23-18(22)20-17-12-8-14-21(15-17)13-7-11-16-9-5-4-6-10-16/h4-6,9-10,17H,7-8,11-15H2,1-3H3,(H,20,22)/t17-/m1/s1. The van der Waals surface area contributed by atoms with Gasteiger partial charge in [0.15, 0.2) is 0 Å². The molecule has 4 nitrogen and oxygen atoms in total. The van der Waals surface area contributed by atoms with Gasteiger partial charge in [-0.1, -0.05) is 30.3 Å². The van der Waals surface area contributed by atoms with E-state index >= 15 is 0 Å². The molecule has 0 saturated carbocycles. The number of piperidine rings is 1. The molecule has 1 fully saturated rings. The molecule has 1 aromatic carbocycles. The molecule has 23 heavy (non-hydrogen) atoms. The molecule has 0 aliphatic carbocycles. The molecule has 1 amide bonds. The average Bonchev–Trinajstić information content (AvgIpc) is 2.46. The molecule has 128 valence electrons. The van der Waals surface area contributed by atoms with Gasteiger partial charge in [-0.15, -0.1) is 0 Å². The number of amides is 1. The van der Waals surface area contributed by atoms with Crippen LogP contribution in [0.5, 0.6) is 0 Å². The van der Waals surface area contributed by atoms with Crippen LogP contribution < -0.4 is 5.32 Å². The molecule has 1 aliphatic rings. The Balaban J connectivity index is 1.70. The van der Waals surface area contributed by atoms with Gasteiger partial charge in [-0.25, -0.2) is 4.79 Å². The summed E-state index contributed by atoms with van der Waals surface area (Å²) in [6.45, 7) is 8.81. The van der Waals surface area contributed by atoms with Crippen LogP contribution in [-0.2, 0) is 11.2 Å². The highest BCUT2D eigenvalue weighted by molar-refractivity contribution is 5.68. The van der Waals surface area contributed by atoms with E-state index in [0.29, 0.717) is 0 Å². The van der Waals surface area contributed by atoms with E-state index < -0.39 is 5.60 Å². The fourth-order valence-corrected chi connectivity index (χ4v) is 3.00. The van der Waals surface area contributed by atoms with Crippen LogP contribution in [-0.4, -0.2) is 42.3 Å². The number of likely N-dealkylation sites (tertiary alicyclic amines) is 1. The van der Waals surface area contributed by atoms with Gasteiger partial charge in [0.05, 0.1) is 0 Å². The van der Waals surface area contributed by atoms with E-state index in [2.05, 4.69) is 40.5 Å². The molecule has 2 rings (SSSR count). The third kappa shape index (κ3) is 7.04. The molecular weight excluding hydrogens is 288 g/mol. The molecule has 1 saturated heterocycles. The summed E-state index contributed by atoms with van der Waals surface area (Å²) in [5, 5.41) is 3.01. The van der Waals surface area contributed by atoms with Gasteiger partial charge in [0, 0.05) is 12.6 Å². The topological polar surface area (TPSA) is 41.6 Å². The number of rotatable bonds is 5. The minimum Gasteiger partial charge on any atom is -0.444 e. The largest absolute Gasteiger partial charge is 0.444 e. The Morgan fingerprint density at radius 3 is 2.74 bits per heavy atom. The number of hydrogen-bond donors (Lipinski definition) is 1. The van der Waals surface area contributed by atoms with Crippen LogP contribution in [0.2, 0.25) is 0 Å². The van der Waals surface area contributed by atoms with Crippen molar-refractivity contribution < 1.29 is 9.53 Å². The van der Waals surface area contributed by atoms with Crippen molar-refractivity contribution in [3.05, 3.63) is 35.9 Å². The van der Waals surface area contributed by atoms with Crippen molar-refractivity contribution >= 4 is 6.09 Å². The van der Waals surface area contributed by atoms with Crippen LogP contribution in [0.1, 0.15) is 45.6 Å². The van der Waals surface area contributed by atoms with Crippen molar-refractivity contribution in [3.63, 3.8) is 0 Å². The normalized spacial score (nSPS) is 19.3. The van der Waals surface area contributed by atoms with Crippen LogP contribution in [0.15, 0.2) is 30.3 Å². The summed E-state index contributed by atoms with van der Waals surface area (Å²) in [6, 6.07) is 10.8. The van der Waals surface area contributed by atoms with Gasteiger partial charge in [0.1, 0.15) is 5.60 Å². The lowest BCUT2D eigenvalue weighted by molar-refractivity contribution is 0.0472. The molecule has 4 heteroatoms. The second-order valence-electron chi connectivity index (χ2n) is 7.38. The average molecular weight is 318 g/mol. The highest BCUT2D eigenvalue weighted by Crippen LogP contribution is 2.13. The molecular formula is C19H30N2O2. The monoisotopic (exact) mass is 318 g/mol. The first-order valence-electron chi connectivity index (χ1n) is 8.68. The van der Waals surface area contributed by atoms with E-state index in [4.69, 9.17) is 4.74 Å². The first kappa shape index (κ1) is 17.8. The molecule has 1 aromatic rings. The minimum absolute atomic E-state index is 0.204. The highest BCUT2D eigenvalue weighted by atomic mass is 16.6. The zero-order valence-electron chi connectivity index (χ0n) is 14.7. The van der Waals surface area contributed by atoms with Crippen LogP contribution in [0.4, 0.5) is 4.79 Å². The summed E-state index contributed by atoms with van der Waals surface area (Å²) in [6.07, 6.45) is 4.14. The number of carbonyl (C=O) groups is 1. The lowest BCUT2D eigenvalue weighted by Gasteiger charge is -2.33. The molecule has 0 aromatic heterocycles. The van der Waals surface area contributed by atoms with E-state index in [1.54, 1.807) is 0 Å². The molecule has 1 heterocycles. The SMILES string of the molecule is CC(C)(C)OC(=O)N[C@@H]1CCCN(CCCc2ccccc2)C1. The summed E-state index contributed by atoms with van der Waals surface area (Å²) in [5.41, 5.74) is 0.960. The molecule has 1 aliphatic heterocycles. The number of benzene rings is 1. The summed E-state index contributed by atoms with van der Waals surface area (Å²) in [5.74, 6) is 0. The Kier molecular flexibility index (Phi) is 6.46. The first-order valence-corrected chi connectivity index (χ1v) is 8.68. The van der Waals surface area contributed by atoms with Gasteiger partial charge in [-0.3, -0.25) is 0 Å². The predicted octanol–water partition coefficient (Wildman–Crippen LogP) is 3.61. The molecule has 0 spiro atoms. The maximum absolute atomic E-state index is 11.9. The van der Waals surface area contributed by atoms with Crippen molar-refractivity contribution in [3.8, 4) is 0 Å².